The van der Waals surface area contributed by atoms with Gasteiger partial charge in [0.05, 0.1) is 5.52 Å². The van der Waals surface area contributed by atoms with Crippen molar-refractivity contribution < 1.29 is 0 Å². The highest BCUT2D eigenvalue weighted by molar-refractivity contribution is 6.13. The topological polar surface area (TPSA) is 21.5 Å². The number of nitrogens with zero attached hydrogens (tertiary/aromatic N) is 1. The Morgan fingerprint density at radius 3 is 2.37 bits per heavy atom. The van der Waals surface area contributed by atoms with Crippen molar-refractivity contribution >= 4 is 33.1 Å². The van der Waals surface area contributed by atoms with Crippen LogP contribution < -0.4 is 5.56 Å². The van der Waals surface area contributed by atoms with Gasteiger partial charge in [-0.1, -0.05) is 49.1 Å². The molecule has 0 amide bonds. The van der Waals surface area contributed by atoms with Crippen molar-refractivity contribution in [2.24, 2.45) is 0 Å². The Morgan fingerprint density at radius 2 is 1.58 bits per heavy atom. The summed E-state index contributed by atoms with van der Waals surface area (Å²) in [5.74, 6) is 0. The van der Waals surface area contributed by atoms with Crippen LogP contribution >= 0.6 is 0 Å². The monoisotopic (exact) mass is 245 g/mol. The van der Waals surface area contributed by atoms with Crippen molar-refractivity contribution in [3.05, 3.63) is 71.2 Å². The van der Waals surface area contributed by atoms with Crippen LogP contribution in [-0.4, -0.2) is 4.40 Å². The molecule has 0 fully saturated rings. The first-order valence-corrected chi connectivity index (χ1v) is 6.22. The van der Waals surface area contributed by atoms with Crippen LogP contribution in [0.4, 0.5) is 0 Å². The van der Waals surface area contributed by atoms with Crippen molar-refractivity contribution in [3.63, 3.8) is 0 Å². The van der Waals surface area contributed by atoms with Gasteiger partial charge in [-0.2, -0.15) is 0 Å². The molecule has 0 saturated carbocycles. The number of para-hydroxylation sites is 1. The van der Waals surface area contributed by atoms with E-state index < -0.39 is 0 Å². The van der Waals surface area contributed by atoms with Crippen LogP contribution in [0.15, 0.2) is 60.0 Å². The molecule has 4 rings (SSSR count). The third-order valence-electron chi connectivity index (χ3n) is 3.74. The first kappa shape index (κ1) is 10.3. The van der Waals surface area contributed by atoms with E-state index in [0.29, 0.717) is 0 Å². The van der Waals surface area contributed by atoms with Crippen LogP contribution in [0.1, 0.15) is 5.56 Å². The SMILES string of the molecule is C=Cc1cn2c(=O)c3ccccc3c3cccc1c32. The van der Waals surface area contributed by atoms with Gasteiger partial charge < -0.3 is 0 Å². The zero-order chi connectivity index (χ0) is 13.0. The van der Waals surface area contributed by atoms with Crippen LogP contribution in [0.25, 0.3) is 33.1 Å². The number of aromatic nitrogens is 1. The Bertz CT molecular complexity index is 995. The van der Waals surface area contributed by atoms with Gasteiger partial charge in [-0.05, 0) is 17.0 Å². The number of hydrogen-bond donors (Lipinski definition) is 0. The lowest BCUT2D eigenvalue weighted by Gasteiger charge is -2.05. The molecule has 0 spiro atoms. The first-order chi connectivity index (χ1) is 9.31. The van der Waals surface area contributed by atoms with E-state index in [0.717, 1.165) is 32.6 Å². The normalized spacial score (nSPS) is 11.6. The zero-order valence-corrected chi connectivity index (χ0v) is 10.3. The van der Waals surface area contributed by atoms with Crippen molar-refractivity contribution in [2.75, 3.05) is 0 Å². The van der Waals surface area contributed by atoms with E-state index in [1.807, 2.05) is 42.6 Å². The summed E-state index contributed by atoms with van der Waals surface area (Å²) in [4.78, 5) is 12.6. The molecule has 0 aliphatic rings. The van der Waals surface area contributed by atoms with Crippen molar-refractivity contribution in [1.82, 2.24) is 4.40 Å². The molecular weight excluding hydrogens is 234 g/mol. The van der Waals surface area contributed by atoms with E-state index >= 15 is 0 Å². The average Bonchev–Trinajstić information content (AvgIpc) is 2.85. The maximum Gasteiger partial charge on any atom is 0.263 e. The maximum atomic E-state index is 12.6. The molecule has 2 heteroatoms. The summed E-state index contributed by atoms with van der Waals surface area (Å²) < 4.78 is 1.74. The molecule has 0 saturated heterocycles. The van der Waals surface area contributed by atoms with Gasteiger partial charge in [0.2, 0.25) is 0 Å². The lowest BCUT2D eigenvalue weighted by Crippen LogP contribution is -2.11. The largest absolute Gasteiger partial charge is 0.282 e. The molecule has 0 aliphatic carbocycles. The fraction of sp³-hybridized carbons (Fsp3) is 0. The van der Waals surface area contributed by atoms with Gasteiger partial charge in [0.1, 0.15) is 0 Å². The Balaban J connectivity index is 2.48. The molecule has 4 aromatic rings. The van der Waals surface area contributed by atoms with E-state index in [9.17, 15) is 4.79 Å². The third-order valence-corrected chi connectivity index (χ3v) is 3.74. The molecule has 0 atom stereocenters. The van der Waals surface area contributed by atoms with Crippen LogP contribution in [0, 0.1) is 0 Å². The minimum absolute atomic E-state index is 0.0346. The summed E-state index contributed by atoms with van der Waals surface area (Å²) in [6.07, 6.45) is 3.67. The molecule has 2 nitrogen and oxygen atoms in total. The molecule has 0 N–H and O–H groups in total. The summed E-state index contributed by atoms with van der Waals surface area (Å²) >= 11 is 0. The molecule has 2 heterocycles. The van der Waals surface area contributed by atoms with E-state index in [1.165, 1.54) is 0 Å². The van der Waals surface area contributed by atoms with Gasteiger partial charge >= 0.3 is 0 Å². The van der Waals surface area contributed by atoms with E-state index in [2.05, 4.69) is 12.6 Å². The average molecular weight is 245 g/mol. The van der Waals surface area contributed by atoms with Gasteiger partial charge in [-0.25, -0.2) is 0 Å². The molecular formula is C17H11NO. The summed E-state index contributed by atoms with van der Waals surface area (Å²) in [6, 6.07) is 13.9. The first-order valence-electron chi connectivity index (χ1n) is 6.22. The Kier molecular flexibility index (Phi) is 1.88. The van der Waals surface area contributed by atoms with Crippen LogP contribution in [0.2, 0.25) is 0 Å². The van der Waals surface area contributed by atoms with Gasteiger partial charge in [-0.15, -0.1) is 0 Å². The van der Waals surface area contributed by atoms with Gasteiger partial charge in [0.25, 0.3) is 5.56 Å². The minimum atomic E-state index is 0.0346. The molecule has 0 unspecified atom stereocenters. The quantitative estimate of drug-likeness (QED) is 0.469. The minimum Gasteiger partial charge on any atom is -0.282 e. The highest BCUT2D eigenvalue weighted by Crippen LogP contribution is 2.29. The van der Waals surface area contributed by atoms with Crippen LogP contribution in [-0.2, 0) is 0 Å². The maximum absolute atomic E-state index is 12.6. The Labute approximate surface area is 109 Å². The highest BCUT2D eigenvalue weighted by Gasteiger charge is 2.13. The van der Waals surface area contributed by atoms with Crippen molar-refractivity contribution in [2.45, 2.75) is 0 Å². The van der Waals surface area contributed by atoms with Crippen molar-refractivity contribution in [3.8, 4) is 0 Å². The molecule has 19 heavy (non-hydrogen) atoms. The van der Waals surface area contributed by atoms with E-state index in [4.69, 9.17) is 0 Å². The standard InChI is InChI=1S/C17H11NO/c1-2-11-10-18-16-12(11)8-5-9-14(16)13-6-3-4-7-15(13)17(18)19/h2-10H,1H2. The molecule has 2 aromatic carbocycles. The highest BCUT2D eigenvalue weighted by atomic mass is 16.1. The predicted molar refractivity (Wildman–Crippen MR) is 80.0 cm³/mol. The number of pyridine rings is 1. The number of fused-ring (bicyclic) bond motifs is 2. The molecule has 0 aliphatic heterocycles. The number of rotatable bonds is 1. The second kappa shape index (κ2) is 3.45. The second-order valence-electron chi connectivity index (χ2n) is 4.71. The molecule has 0 bridgehead atoms. The molecule has 0 radical (unpaired) electrons. The fourth-order valence-corrected chi connectivity index (χ4v) is 2.88. The third kappa shape index (κ3) is 1.18. The van der Waals surface area contributed by atoms with Crippen molar-refractivity contribution in [1.29, 1.82) is 0 Å². The van der Waals surface area contributed by atoms with Gasteiger partial charge in [0, 0.05) is 22.4 Å². The van der Waals surface area contributed by atoms with E-state index in [-0.39, 0.29) is 5.56 Å². The summed E-state index contributed by atoms with van der Waals surface area (Å²) in [7, 11) is 0. The lowest BCUT2D eigenvalue weighted by atomic mass is 10.0. The summed E-state index contributed by atoms with van der Waals surface area (Å²) in [6.45, 7) is 3.83. The summed E-state index contributed by atoms with van der Waals surface area (Å²) in [5.41, 5.74) is 2.02. The lowest BCUT2D eigenvalue weighted by molar-refractivity contribution is 1.15. The van der Waals surface area contributed by atoms with Crippen LogP contribution in [0.5, 0.6) is 0 Å². The molecule has 90 valence electrons. The smallest absolute Gasteiger partial charge is 0.263 e. The van der Waals surface area contributed by atoms with Gasteiger partial charge in [0.15, 0.2) is 0 Å². The second-order valence-corrected chi connectivity index (χ2v) is 4.71. The predicted octanol–water partition coefficient (Wildman–Crippen LogP) is 3.69. The molecule has 2 aromatic heterocycles. The summed E-state index contributed by atoms with van der Waals surface area (Å²) in [5, 5.41) is 3.96. The fourth-order valence-electron chi connectivity index (χ4n) is 2.88. The Morgan fingerprint density at radius 1 is 0.895 bits per heavy atom. The zero-order valence-electron chi connectivity index (χ0n) is 10.3. The number of hydrogen-bond acceptors (Lipinski definition) is 1. The number of benzene rings is 2. The Hall–Kier alpha value is -2.61. The van der Waals surface area contributed by atoms with Crippen LogP contribution in [0.3, 0.4) is 0 Å². The van der Waals surface area contributed by atoms with Gasteiger partial charge in [-0.3, -0.25) is 9.20 Å². The van der Waals surface area contributed by atoms with E-state index in [1.54, 1.807) is 10.5 Å².